The summed E-state index contributed by atoms with van der Waals surface area (Å²) in [6.45, 7) is 3.24. The Hall–Kier alpha value is -2.01. The van der Waals surface area contributed by atoms with Crippen LogP contribution >= 0.6 is 11.8 Å². The van der Waals surface area contributed by atoms with Gasteiger partial charge in [0.25, 0.3) is 0 Å². The predicted molar refractivity (Wildman–Crippen MR) is 99.4 cm³/mol. The Labute approximate surface area is 169 Å². The molecule has 2 aliphatic heterocycles. The van der Waals surface area contributed by atoms with Crippen molar-refractivity contribution in [3.63, 3.8) is 0 Å². The van der Waals surface area contributed by atoms with Gasteiger partial charge in [0, 0.05) is 44.8 Å². The molecule has 2 heterocycles. The van der Waals surface area contributed by atoms with E-state index in [-0.39, 0.29) is 23.1 Å². The number of alkyl halides is 3. The average molecular weight is 438 g/mol. The van der Waals surface area contributed by atoms with Crippen molar-refractivity contribution in [1.82, 2.24) is 10.2 Å². The third-order valence-corrected chi connectivity index (χ3v) is 5.53. The summed E-state index contributed by atoms with van der Waals surface area (Å²) in [4.78, 5) is 23.3. The van der Waals surface area contributed by atoms with Gasteiger partial charge in [-0.05, 0) is 24.3 Å². The summed E-state index contributed by atoms with van der Waals surface area (Å²) in [6, 6.07) is 6.11. The van der Waals surface area contributed by atoms with Crippen LogP contribution in [0.2, 0.25) is 0 Å². The number of thioether (sulfide) groups is 1. The highest BCUT2D eigenvalue weighted by molar-refractivity contribution is 8.00. The molecule has 3 rings (SSSR count). The van der Waals surface area contributed by atoms with Crippen LogP contribution in [0.4, 0.5) is 17.6 Å². The molecule has 2 aliphatic rings. The molecule has 0 radical (unpaired) electrons. The average Bonchev–Trinajstić information content (AvgIpc) is 2.70. The van der Waals surface area contributed by atoms with Gasteiger partial charge in [0.05, 0.1) is 5.25 Å². The lowest BCUT2D eigenvalue weighted by Gasteiger charge is -2.35. The van der Waals surface area contributed by atoms with Gasteiger partial charge in [-0.3, -0.25) is 4.79 Å². The number of nitrogens with zero attached hydrogens (tertiary/aromatic N) is 1. The fourth-order valence-corrected chi connectivity index (χ4v) is 3.90. The van der Waals surface area contributed by atoms with E-state index in [1.807, 2.05) is 4.90 Å². The number of carbonyl (C=O) groups is 2. The van der Waals surface area contributed by atoms with E-state index in [0.29, 0.717) is 5.75 Å². The number of rotatable bonds is 3. The zero-order valence-electron chi connectivity index (χ0n) is 15.5. The van der Waals surface area contributed by atoms with Crippen LogP contribution in [0.1, 0.15) is 12.8 Å². The number of carbonyl (C=O) groups excluding carboxylic acids is 1. The number of benzene rings is 1. The molecule has 1 unspecified atom stereocenters. The zero-order valence-corrected chi connectivity index (χ0v) is 16.3. The topological polar surface area (TPSA) is 78.9 Å². The van der Waals surface area contributed by atoms with Crippen molar-refractivity contribution in [3.8, 4) is 5.75 Å². The molecule has 0 spiro atoms. The van der Waals surface area contributed by atoms with Crippen molar-refractivity contribution in [2.24, 2.45) is 0 Å². The summed E-state index contributed by atoms with van der Waals surface area (Å²) in [6.07, 6.45) is -3.33. The maximum absolute atomic E-state index is 12.9. The van der Waals surface area contributed by atoms with Crippen LogP contribution in [0.15, 0.2) is 24.3 Å². The molecule has 2 saturated heterocycles. The van der Waals surface area contributed by atoms with E-state index < -0.39 is 12.1 Å². The number of aliphatic carboxylic acids is 1. The number of piperidine rings is 1. The summed E-state index contributed by atoms with van der Waals surface area (Å²) in [5.41, 5.74) is 0. The largest absolute Gasteiger partial charge is 0.490 e. The van der Waals surface area contributed by atoms with Crippen LogP contribution in [0.5, 0.6) is 5.75 Å². The van der Waals surface area contributed by atoms with E-state index in [1.165, 1.54) is 12.1 Å². The summed E-state index contributed by atoms with van der Waals surface area (Å²) < 4.78 is 50.5. The van der Waals surface area contributed by atoms with Crippen LogP contribution in [0.25, 0.3) is 0 Å². The molecule has 1 aromatic rings. The van der Waals surface area contributed by atoms with Crippen LogP contribution in [0, 0.1) is 5.82 Å². The standard InChI is InChI=1S/C16H21FN2O2S.C2HF3O2/c17-12-1-3-13(4-2-12)21-14-5-8-19(9-6-14)16(20)15-11-18-7-10-22-15;3-2(4,5)1(6)7/h1-4,14-15,18H,5-11H2;(H,6,7). The minimum Gasteiger partial charge on any atom is -0.490 e. The van der Waals surface area contributed by atoms with Gasteiger partial charge in [-0.1, -0.05) is 0 Å². The van der Waals surface area contributed by atoms with Crippen molar-refractivity contribution < 1.29 is 37.0 Å². The molecule has 1 atom stereocenters. The molecule has 1 amide bonds. The Morgan fingerprint density at radius 1 is 1.17 bits per heavy atom. The normalized spacial score (nSPS) is 20.4. The van der Waals surface area contributed by atoms with E-state index in [2.05, 4.69) is 5.32 Å². The van der Waals surface area contributed by atoms with Gasteiger partial charge in [0.1, 0.15) is 17.7 Å². The second-order valence-electron chi connectivity index (χ2n) is 6.46. The molecule has 0 aliphatic carbocycles. The number of amides is 1. The van der Waals surface area contributed by atoms with Gasteiger partial charge in [-0.2, -0.15) is 13.2 Å². The van der Waals surface area contributed by atoms with E-state index in [9.17, 15) is 22.4 Å². The third-order valence-electron chi connectivity index (χ3n) is 4.32. The highest BCUT2D eigenvalue weighted by Crippen LogP contribution is 2.22. The monoisotopic (exact) mass is 438 g/mol. The minimum absolute atomic E-state index is 0.0586. The Bertz CT molecular complexity index is 673. The second kappa shape index (κ2) is 10.7. The minimum atomic E-state index is -5.08. The molecule has 2 fully saturated rings. The maximum Gasteiger partial charge on any atom is 0.490 e. The smallest absolute Gasteiger partial charge is 0.490 e. The van der Waals surface area contributed by atoms with Crippen LogP contribution in [-0.2, 0) is 9.59 Å². The molecule has 0 saturated carbocycles. The van der Waals surface area contributed by atoms with Gasteiger partial charge in [0.15, 0.2) is 0 Å². The number of hydrogen-bond acceptors (Lipinski definition) is 5. The van der Waals surface area contributed by atoms with Crippen molar-refractivity contribution in [2.45, 2.75) is 30.4 Å². The summed E-state index contributed by atoms with van der Waals surface area (Å²) in [7, 11) is 0. The van der Waals surface area contributed by atoms with Gasteiger partial charge >= 0.3 is 12.1 Å². The molecule has 162 valence electrons. The molecule has 0 bridgehead atoms. The number of carboxylic acid groups (broad SMARTS) is 1. The number of ether oxygens (including phenoxy) is 1. The van der Waals surface area contributed by atoms with E-state index in [0.717, 1.165) is 44.8 Å². The number of hydrogen-bond donors (Lipinski definition) is 2. The van der Waals surface area contributed by atoms with Crippen molar-refractivity contribution in [1.29, 1.82) is 0 Å². The lowest BCUT2D eigenvalue weighted by Crippen LogP contribution is -2.49. The first kappa shape index (κ1) is 23.3. The van der Waals surface area contributed by atoms with Gasteiger partial charge in [0.2, 0.25) is 5.91 Å². The first-order chi connectivity index (χ1) is 13.7. The fraction of sp³-hybridized carbons (Fsp3) is 0.556. The number of likely N-dealkylation sites (tertiary alicyclic amines) is 1. The van der Waals surface area contributed by atoms with Crippen molar-refractivity contribution >= 4 is 23.6 Å². The van der Waals surface area contributed by atoms with E-state index >= 15 is 0 Å². The molecule has 2 N–H and O–H groups in total. The molecular weight excluding hydrogens is 416 g/mol. The van der Waals surface area contributed by atoms with Crippen LogP contribution in [-0.4, -0.2) is 71.3 Å². The third kappa shape index (κ3) is 7.73. The maximum atomic E-state index is 12.9. The number of halogens is 4. The molecule has 0 aromatic heterocycles. The molecule has 6 nitrogen and oxygen atoms in total. The number of carboxylic acids is 1. The molecule has 1 aromatic carbocycles. The summed E-state index contributed by atoms with van der Waals surface area (Å²) in [5, 5.41) is 10.5. The van der Waals surface area contributed by atoms with Crippen LogP contribution in [0.3, 0.4) is 0 Å². The Morgan fingerprint density at radius 3 is 2.24 bits per heavy atom. The molecule has 11 heteroatoms. The zero-order chi connectivity index (χ0) is 21.4. The van der Waals surface area contributed by atoms with Crippen molar-refractivity contribution in [2.75, 3.05) is 31.9 Å². The van der Waals surface area contributed by atoms with Gasteiger partial charge < -0.3 is 20.1 Å². The first-order valence-electron chi connectivity index (χ1n) is 9.00. The molecular formula is C18H22F4N2O4S. The van der Waals surface area contributed by atoms with E-state index in [1.54, 1.807) is 23.9 Å². The highest BCUT2D eigenvalue weighted by Gasteiger charge is 2.38. The Morgan fingerprint density at radius 2 is 1.76 bits per heavy atom. The van der Waals surface area contributed by atoms with E-state index in [4.69, 9.17) is 14.6 Å². The summed E-state index contributed by atoms with van der Waals surface area (Å²) in [5.74, 6) is -1.07. The number of nitrogens with one attached hydrogen (secondary N) is 1. The van der Waals surface area contributed by atoms with Crippen LogP contribution < -0.4 is 10.1 Å². The van der Waals surface area contributed by atoms with Gasteiger partial charge in [-0.25, -0.2) is 9.18 Å². The lowest BCUT2D eigenvalue weighted by atomic mass is 10.1. The second-order valence-corrected chi connectivity index (χ2v) is 7.77. The Balaban J connectivity index is 0.000000370. The first-order valence-corrected chi connectivity index (χ1v) is 10.0. The lowest BCUT2D eigenvalue weighted by molar-refractivity contribution is -0.192. The highest BCUT2D eigenvalue weighted by atomic mass is 32.2. The fourth-order valence-electron chi connectivity index (χ4n) is 2.83. The molecule has 29 heavy (non-hydrogen) atoms. The summed E-state index contributed by atoms with van der Waals surface area (Å²) >= 11 is 1.75. The Kier molecular flexibility index (Phi) is 8.57. The van der Waals surface area contributed by atoms with Gasteiger partial charge in [-0.15, -0.1) is 11.8 Å². The predicted octanol–water partition coefficient (Wildman–Crippen LogP) is 2.53. The SMILES string of the molecule is O=C(C1CNCCS1)N1CCC(Oc2ccc(F)cc2)CC1.O=C(O)C(F)(F)F. The van der Waals surface area contributed by atoms with Crippen molar-refractivity contribution in [3.05, 3.63) is 30.1 Å². The quantitative estimate of drug-likeness (QED) is 0.707.